The van der Waals surface area contributed by atoms with Crippen molar-refractivity contribution < 1.29 is 0 Å². The van der Waals surface area contributed by atoms with Crippen molar-refractivity contribution in [2.24, 2.45) is 5.73 Å². The van der Waals surface area contributed by atoms with E-state index in [2.05, 4.69) is 63.1 Å². The van der Waals surface area contributed by atoms with Crippen LogP contribution in [0.5, 0.6) is 0 Å². The second-order valence-corrected chi connectivity index (χ2v) is 5.44. The molecule has 2 heteroatoms. The van der Waals surface area contributed by atoms with Crippen molar-refractivity contribution in [3.05, 3.63) is 35.9 Å². The maximum absolute atomic E-state index is 6.06. The molecule has 1 unspecified atom stereocenters. The van der Waals surface area contributed by atoms with Crippen LogP contribution in [0, 0.1) is 0 Å². The van der Waals surface area contributed by atoms with Crippen LogP contribution in [-0.4, -0.2) is 30.1 Å². The van der Waals surface area contributed by atoms with E-state index >= 15 is 0 Å². The van der Waals surface area contributed by atoms with E-state index in [-0.39, 0.29) is 5.54 Å². The van der Waals surface area contributed by atoms with Gasteiger partial charge in [0.15, 0.2) is 0 Å². The highest BCUT2D eigenvalue weighted by Crippen LogP contribution is 2.23. The summed E-state index contributed by atoms with van der Waals surface area (Å²) in [6.45, 7) is 7.47. The van der Waals surface area contributed by atoms with Crippen LogP contribution in [0.25, 0.3) is 0 Å². The molecule has 0 fully saturated rings. The van der Waals surface area contributed by atoms with Crippen LogP contribution in [0.1, 0.15) is 39.2 Å². The van der Waals surface area contributed by atoms with E-state index in [9.17, 15) is 0 Å². The highest BCUT2D eigenvalue weighted by atomic mass is 15.2. The van der Waals surface area contributed by atoms with Crippen LogP contribution in [0.3, 0.4) is 0 Å². The number of likely N-dealkylation sites (N-methyl/N-ethyl adjacent to an activating group) is 1. The summed E-state index contributed by atoms with van der Waals surface area (Å²) in [5.41, 5.74) is 7.47. The molecule has 0 heterocycles. The fourth-order valence-electron chi connectivity index (χ4n) is 2.65. The summed E-state index contributed by atoms with van der Waals surface area (Å²) in [4.78, 5) is 2.47. The Morgan fingerprint density at radius 3 is 2.17 bits per heavy atom. The van der Waals surface area contributed by atoms with Gasteiger partial charge in [-0.25, -0.2) is 0 Å². The van der Waals surface area contributed by atoms with Crippen LogP contribution in [-0.2, 0) is 6.42 Å². The Labute approximate surface area is 112 Å². The normalized spacial score (nSPS) is 15.1. The molecule has 1 aromatic rings. The molecule has 0 bridgehead atoms. The van der Waals surface area contributed by atoms with Crippen molar-refractivity contribution in [2.45, 2.75) is 51.6 Å². The molecule has 0 aliphatic carbocycles. The number of hydrogen-bond acceptors (Lipinski definition) is 2. The smallest absolute Gasteiger partial charge is 0.0343 e. The molecule has 0 saturated heterocycles. The highest BCUT2D eigenvalue weighted by molar-refractivity contribution is 5.18. The van der Waals surface area contributed by atoms with Crippen LogP contribution in [0.15, 0.2) is 30.3 Å². The van der Waals surface area contributed by atoms with Gasteiger partial charge in [-0.15, -0.1) is 0 Å². The molecule has 102 valence electrons. The molecular formula is C16H28N2. The molecule has 0 radical (unpaired) electrons. The summed E-state index contributed by atoms with van der Waals surface area (Å²) < 4.78 is 0. The van der Waals surface area contributed by atoms with E-state index < -0.39 is 0 Å². The SMILES string of the molecule is CCC(CC)N(C)C(C)(CN)Cc1ccccc1. The van der Waals surface area contributed by atoms with E-state index in [0.717, 1.165) is 6.42 Å². The quantitative estimate of drug-likeness (QED) is 0.803. The van der Waals surface area contributed by atoms with Crippen molar-refractivity contribution in [1.82, 2.24) is 4.90 Å². The predicted molar refractivity (Wildman–Crippen MR) is 79.7 cm³/mol. The lowest BCUT2D eigenvalue weighted by atomic mass is 9.89. The largest absolute Gasteiger partial charge is 0.329 e. The zero-order valence-electron chi connectivity index (χ0n) is 12.3. The first kappa shape index (κ1) is 15.2. The molecule has 2 nitrogen and oxygen atoms in total. The van der Waals surface area contributed by atoms with Gasteiger partial charge < -0.3 is 5.73 Å². The zero-order valence-corrected chi connectivity index (χ0v) is 12.3. The second kappa shape index (κ2) is 6.91. The highest BCUT2D eigenvalue weighted by Gasteiger charge is 2.31. The monoisotopic (exact) mass is 248 g/mol. The lowest BCUT2D eigenvalue weighted by molar-refractivity contribution is 0.0867. The van der Waals surface area contributed by atoms with Gasteiger partial charge in [0, 0.05) is 18.1 Å². The summed E-state index contributed by atoms with van der Waals surface area (Å²) in [5, 5.41) is 0. The fourth-order valence-corrected chi connectivity index (χ4v) is 2.65. The third-order valence-corrected chi connectivity index (χ3v) is 4.21. The fraction of sp³-hybridized carbons (Fsp3) is 0.625. The lowest BCUT2D eigenvalue weighted by Crippen LogP contribution is -2.55. The van der Waals surface area contributed by atoms with Gasteiger partial charge in [0.1, 0.15) is 0 Å². The van der Waals surface area contributed by atoms with Gasteiger partial charge in [-0.05, 0) is 38.8 Å². The van der Waals surface area contributed by atoms with Crippen LogP contribution >= 0.6 is 0 Å². The summed E-state index contributed by atoms with van der Waals surface area (Å²) in [7, 11) is 2.22. The molecule has 1 atom stereocenters. The van der Waals surface area contributed by atoms with Gasteiger partial charge >= 0.3 is 0 Å². The predicted octanol–water partition coefficient (Wildman–Crippen LogP) is 3.07. The minimum absolute atomic E-state index is 0.0397. The topological polar surface area (TPSA) is 29.3 Å². The van der Waals surface area contributed by atoms with E-state index in [4.69, 9.17) is 5.73 Å². The molecule has 0 aliphatic heterocycles. The van der Waals surface area contributed by atoms with Crippen molar-refractivity contribution >= 4 is 0 Å². The van der Waals surface area contributed by atoms with Crippen LogP contribution < -0.4 is 5.73 Å². The van der Waals surface area contributed by atoms with Crippen LogP contribution in [0.4, 0.5) is 0 Å². The van der Waals surface area contributed by atoms with Crippen molar-refractivity contribution in [2.75, 3.05) is 13.6 Å². The zero-order chi connectivity index (χ0) is 13.6. The van der Waals surface area contributed by atoms with Crippen LogP contribution in [0.2, 0.25) is 0 Å². The van der Waals surface area contributed by atoms with E-state index in [1.54, 1.807) is 0 Å². The van der Waals surface area contributed by atoms with E-state index in [1.807, 2.05) is 0 Å². The molecule has 2 N–H and O–H groups in total. The first-order valence-corrected chi connectivity index (χ1v) is 7.04. The average molecular weight is 248 g/mol. The van der Waals surface area contributed by atoms with Gasteiger partial charge in [-0.1, -0.05) is 44.2 Å². The maximum atomic E-state index is 6.06. The Morgan fingerprint density at radius 1 is 1.17 bits per heavy atom. The molecule has 0 spiro atoms. The number of benzene rings is 1. The first-order chi connectivity index (χ1) is 8.57. The third kappa shape index (κ3) is 3.56. The van der Waals surface area contributed by atoms with Crippen molar-refractivity contribution in [1.29, 1.82) is 0 Å². The third-order valence-electron chi connectivity index (χ3n) is 4.21. The number of hydrogen-bond donors (Lipinski definition) is 1. The molecule has 18 heavy (non-hydrogen) atoms. The lowest BCUT2D eigenvalue weighted by Gasteiger charge is -2.43. The number of nitrogens with two attached hydrogens (primary N) is 1. The standard InChI is InChI=1S/C16H28N2/c1-5-15(6-2)18(4)16(3,13-17)12-14-10-8-7-9-11-14/h7-11,15H,5-6,12-13,17H2,1-4H3. The molecule has 0 aliphatic rings. The van der Waals surface area contributed by atoms with Gasteiger partial charge in [0.25, 0.3) is 0 Å². The average Bonchev–Trinajstić information content (AvgIpc) is 2.41. The van der Waals surface area contributed by atoms with Gasteiger partial charge in [0.05, 0.1) is 0 Å². The molecule has 0 saturated carbocycles. The second-order valence-electron chi connectivity index (χ2n) is 5.44. The molecule has 1 aromatic carbocycles. The molecule has 0 amide bonds. The Balaban J connectivity index is 2.84. The maximum Gasteiger partial charge on any atom is 0.0343 e. The minimum atomic E-state index is 0.0397. The van der Waals surface area contributed by atoms with E-state index in [1.165, 1.54) is 18.4 Å². The number of nitrogens with zero attached hydrogens (tertiary/aromatic N) is 1. The summed E-state index contributed by atoms with van der Waals surface area (Å²) >= 11 is 0. The minimum Gasteiger partial charge on any atom is -0.329 e. The summed E-state index contributed by atoms with van der Waals surface area (Å²) in [6, 6.07) is 11.3. The van der Waals surface area contributed by atoms with Gasteiger partial charge in [-0.3, -0.25) is 4.90 Å². The number of rotatable bonds is 7. The Hall–Kier alpha value is -0.860. The van der Waals surface area contributed by atoms with Gasteiger partial charge in [0.2, 0.25) is 0 Å². The summed E-state index contributed by atoms with van der Waals surface area (Å²) in [6.07, 6.45) is 3.37. The molecule has 0 aromatic heterocycles. The van der Waals surface area contributed by atoms with Gasteiger partial charge in [-0.2, -0.15) is 0 Å². The Bertz CT molecular complexity index is 332. The Morgan fingerprint density at radius 2 is 1.72 bits per heavy atom. The van der Waals surface area contributed by atoms with E-state index in [0.29, 0.717) is 12.6 Å². The Kier molecular flexibility index (Phi) is 5.83. The molecule has 1 rings (SSSR count). The summed E-state index contributed by atoms with van der Waals surface area (Å²) in [5.74, 6) is 0. The van der Waals surface area contributed by atoms with Crippen molar-refractivity contribution in [3.63, 3.8) is 0 Å². The van der Waals surface area contributed by atoms with Crippen molar-refractivity contribution in [3.8, 4) is 0 Å². The first-order valence-electron chi connectivity index (χ1n) is 7.04. The molecular weight excluding hydrogens is 220 g/mol.